The summed E-state index contributed by atoms with van der Waals surface area (Å²) in [4.78, 5) is 37.9. The number of hydrogen-bond donors (Lipinski definition) is 0. The molecule has 0 rings (SSSR count). The Bertz CT molecular complexity index is 1560. The van der Waals surface area contributed by atoms with Crippen LogP contribution in [0.3, 0.4) is 0 Å². The SMILES string of the molecule is CC/C=C\C/C=C\C/C=C\C/C=C\C/C=C\C/C=C\C/C=C\C/C=C\C/C=C\CCCCCCCCCC(=O)OCC(COC(=O)CCCCCCC)OC(=O)CCCCCCCCCCCCCCCCCCCCC. The summed E-state index contributed by atoms with van der Waals surface area (Å²) in [5.74, 6) is -0.896. The fourth-order valence-electron chi connectivity index (χ4n) is 8.97. The summed E-state index contributed by atoms with van der Waals surface area (Å²) >= 11 is 0. The molecule has 0 aromatic rings. The van der Waals surface area contributed by atoms with Crippen LogP contribution < -0.4 is 0 Å². The van der Waals surface area contributed by atoms with E-state index in [2.05, 4.69) is 130 Å². The van der Waals surface area contributed by atoms with Gasteiger partial charge in [-0.15, -0.1) is 0 Å². The maximum absolute atomic E-state index is 12.8. The smallest absolute Gasteiger partial charge is 0.306 e. The number of ether oxygens (including phenoxy) is 3. The van der Waals surface area contributed by atoms with Crippen LogP contribution in [0, 0.1) is 0 Å². The van der Waals surface area contributed by atoms with Gasteiger partial charge in [-0.3, -0.25) is 14.4 Å². The fourth-order valence-corrected chi connectivity index (χ4v) is 8.97. The number of unbranched alkanes of at least 4 members (excludes halogenated alkanes) is 29. The quantitative estimate of drug-likeness (QED) is 0.0261. The predicted molar refractivity (Wildman–Crippen MR) is 334 cm³/mol. The molecule has 0 heterocycles. The number of allylic oxidation sites excluding steroid dienone is 18. The van der Waals surface area contributed by atoms with E-state index in [4.69, 9.17) is 14.2 Å². The van der Waals surface area contributed by atoms with Crippen molar-refractivity contribution >= 4 is 17.9 Å². The van der Waals surface area contributed by atoms with Crippen molar-refractivity contribution in [3.8, 4) is 0 Å². The van der Waals surface area contributed by atoms with Gasteiger partial charge in [-0.25, -0.2) is 0 Å². The van der Waals surface area contributed by atoms with Gasteiger partial charge in [0, 0.05) is 19.3 Å². The minimum Gasteiger partial charge on any atom is -0.462 e. The van der Waals surface area contributed by atoms with E-state index in [-0.39, 0.29) is 31.1 Å². The summed E-state index contributed by atoms with van der Waals surface area (Å²) in [6.07, 6.45) is 88.6. The second-order valence-corrected chi connectivity index (χ2v) is 21.3. The first kappa shape index (κ1) is 73.1. The van der Waals surface area contributed by atoms with Crippen LogP contribution in [0.15, 0.2) is 109 Å². The lowest BCUT2D eigenvalue weighted by Gasteiger charge is -2.18. The molecule has 0 amide bonds. The van der Waals surface area contributed by atoms with E-state index in [1.807, 2.05) is 0 Å². The zero-order chi connectivity index (χ0) is 55.7. The molecule has 0 saturated carbocycles. The lowest BCUT2D eigenvalue weighted by Crippen LogP contribution is -2.30. The molecule has 77 heavy (non-hydrogen) atoms. The van der Waals surface area contributed by atoms with Crippen LogP contribution >= 0.6 is 0 Å². The monoisotopic (exact) mass is 1070 g/mol. The summed E-state index contributed by atoms with van der Waals surface area (Å²) in [5, 5.41) is 0. The maximum atomic E-state index is 12.8. The summed E-state index contributed by atoms with van der Waals surface area (Å²) in [6, 6.07) is 0. The van der Waals surface area contributed by atoms with E-state index in [1.54, 1.807) is 0 Å². The molecule has 0 fully saturated rings. The number of rotatable bonds is 58. The standard InChI is InChI=1S/C71H120O6/c1-4-7-10-13-15-17-19-21-23-25-27-28-29-30-31-32-33-34-35-36-37-38-39-40-41-42-44-45-47-49-51-53-55-58-61-64-70(73)76-67-68(66-75-69(72)63-60-57-12-9-6-3)77-71(74)65-62-59-56-54-52-50-48-46-43-26-24-22-20-18-16-14-11-8-5-2/h7,10,15,17,21,23,27-28,30-31,33-34,36-37,39-40,42,44,68H,4-6,8-9,11-14,16,18-20,22,24-26,29,32,35,38,41,43,45-67H2,1-3H3/b10-7-,17-15-,23-21-,28-27-,31-30-,34-33-,37-36-,40-39-,44-42-. The van der Waals surface area contributed by atoms with Gasteiger partial charge in [0.25, 0.3) is 0 Å². The first-order valence-corrected chi connectivity index (χ1v) is 32.4. The van der Waals surface area contributed by atoms with E-state index in [0.717, 1.165) is 128 Å². The normalized spacial score (nSPS) is 12.8. The highest BCUT2D eigenvalue weighted by molar-refractivity contribution is 5.71. The summed E-state index contributed by atoms with van der Waals surface area (Å²) in [5.41, 5.74) is 0. The van der Waals surface area contributed by atoms with E-state index in [0.29, 0.717) is 19.3 Å². The van der Waals surface area contributed by atoms with Crippen LogP contribution in [0.1, 0.15) is 303 Å². The van der Waals surface area contributed by atoms with E-state index < -0.39 is 6.10 Å². The van der Waals surface area contributed by atoms with Gasteiger partial charge in [0.2, 0.25) is 0 Å². The average molecular weight is 1070 g/mol. The molecule has 0 aliphatic carbocycles. The first-order valence-electron chi connectivity index (χ1n) is 32.4. The molecule has 6 heteroatoms. The molecule has 440 valence electrons. The molecule has 6 nitrogen and oxygen atoms in total. The maximum Gasteiger partial charge on any atom is 0.306 e. The van der Waals surface area contributed by atoms with Gasteiger partial charge in [-0.2, -0.15) is 0 Å². The summed E-state index contributed by atoms with van der Waals surface area (Å²) in [7, 11) is 0. The Labute approximate surface area is 476 Å². The van der Waals surface area contributed by atoms with Crippen molar-refractivity contribution in [1.82, 2.24) is 0 Å². The average Bonchev–Trinajstić information content (AvgIpc) is 3.43. The van der Waals surface area contributed by atoms with Crippen molar-refractivity contribution in [3.63, 3.8) is 0 Å². The van der Waals surface area contributed by atoms with Crippen LogP contribution in [-0.2, 0) is 28.6 Å². The molecule has 0 aliphatic heterocycles. The van der Waals surface area contributed by atoms with Crippen LogP contribution in [0.5, 0.6) is 0 Å². The second kappa shape index (κ2) is 64.6. The third-order valence-electron chi connectivity index (χ3n) is 13.8. The zero-order valence-electron chi connectivity index (χ0n) is 50.4. The topological polar surface area (TPSA) is 78.9 Å². The molecule has 0 spiro atoms. The lowest BCUT2D eigenvalue weighted by molar-refractivity contribution is -0.167. The van der Waals surface area contributed by atoms with E-state index in [9.17, 15) is 14.4 Å². The van der Waals surface area contributed by atoms with Crippen molar-refractivity contribution in [2.24, 2.45) is 0 Å². The number of esters is 3. The molecular formula is C71H120O6. The van der Waals surface area contributed by atoms with Crippen LogP contribution in [0.25, 0.3) is 0 Å². The Hall–Kier alpha value is -3.93. The predicted octanol–water partition coefficient (Wildman–Crippen LogP) is 22.2. The number of hydrogen-bond acceptors (Lipinski definition) is 6. The van der Waals surface area contributed by atoms with Crippen molar-refractivity contribution in [3.05, 3.63) is 109 Å². The zero-order valence-corrected chi connectivity index (χ0v) is 50.4. The molecule has 0 aromatic heterocycles. The Kier molecular flexibility index (Phi) is 61.3. The van der Waals surface area contributed by atoms with Gasteiger partial charge < -0.3 is 14.2 Å². The van der Waals surface area contributed by atoms with Crippen molar-refractivity contribution in [2.75, 3.05) is 13.2 Å². The van der Waals surface area contributed by atoms with Gasteiger partial charge in [-0.1, -0.05) is 304 Å². The third kappa shape index (κ3) is 62.8. The minimum atomic E-state index is -0.778. The molecular weight excluding hydrogens is 949 g/mol. The molecule has 1 unspecified atom stereocenters. The van der Waals surface area contributed by atoms with Crippen LogP contribution in [0.4, 0.5) is 0 Å². The van der Waals surface area contributed by atoms with Crippen molar-refractivity contribution in [1.29, 1.82) is 0 Å². The molecule has 1 atom stereocenters. The van der Waals surface area contributed by atoms with E-state index >= 15 is 0 Å². The van der Waals surface area contributed by atoms with Crippen molar-refractivity contribution < 1.29 is 28.6 Å². The first-order chi connectivity index (χ1) is 38.0. The summed E-state index contributed by atoms with van der Waals surface area (Å²) in [6.45, 7) is 6.46. The van der Waals surface area contributed by atoms with Gasteiger partial charge in [0.15, 0.2) is 6.10 Å². The van der Waals surface area contributed by atoms with Crippen molar-refractivity contribution in [2.45, 2.75) is 309 Å². The molecule has 0 saturated heterocycles. The van der Waals surface area contributed by atoms with Gasteiger partial charge in [0.05, 0.1) is 0 Å². The van der Waals surface area contributed by atoms with E-state index in [1.165, 1.54) is 135 Å². The Morgan fingerprint density at radius 3 is 0.792 bits per heavy atom. The summed E-state index contributed by atoms with van der Waals surface area (Å²) < 4.78 is 16.8. The van der Waals surface area contributed by atoms with Crippen LogP contribution in [-0.4, -0.2) is 37.2 Å². The molecule has 0 aliphatic rings. The largest absolute Gasteiger partial charge is 0.462 e. The molecule has 0 N–H and O–H groups in total. The Morgan fingerprint density at radius 2 is 0.506 bits per heavy atom. The molecule has 0 bridgehead atoms. The highest BCUT2D eigenvalue weighted by Crippen LogP contribution is 2.16. The minimum absolute atomic E-state index is 0.0794. The lowest BCUT2D eigenvalue weighted by atomic mass is 10.0. The third-order valence-corrected chi connectivity index (χ3v) is 13.8. The Morgan fingerprint density at radius 1 is 0.273 bits per heavy atom. The molecule has 0 radical (unpaired) electrons. The highest BCUT2D eigenvalue weighted by atomic mass is 16.6. The molecule has 0 aromatic carbocycles. The highest BCUT2D eigenvalue weighted by Gasteiger charge is 2.19. The van der Waals surface area contributed by atoms with Gasteiger partial charge in [-0.05, 0) is 89.9 Å². The van der Waals surface area contributed by atoms with Gasteiger partial charge >= 0.3 is 17.9 Å². The fraction of sp³-hybridized carbons (Fsp3) is 0.704. The number of carbonyl (C=O) groups excluding carboxylic acids is 3. The second-order valence-electron chi connectivity index (χ2n) is 21.3. The Balaban J connectivity index is 4.06. The van der Waals surface area contributed by atoms with Gasteiger partial charge in [0.1, 0.15) is 13.2 Å². The number of carbonyl (C=O) groups is 3. The van der Waals surface area contributed by atoms with Crippen LogP contribution in [0.2, 0.25) is 0 Å².